The van der Waals surface area contributed by atoms with E-state index in [1.165, 1.54) is 0 Å². The zero-order chi connectivity index (χ0) is 0. The molecule has 0 unspecified atom stereocenters. The minimum absolute atomic E-state index is 0. The van der Waals surface area contributed by atoms with Gasteiger partial charge in [0.1, 0.15) is 0 Å². The van der Waals surface area contributed by atoms with E-state index in [4.69, 9.17) is 0 Å². The van der Waals surface area contributed by atoms with E-state index >= 15 is 0 Å². The maximum absolute atomic E-state index is 0. The van der Waals surface area contributed by atoms with Crippen molar-refractivity contribution >= 4 is 47.8 Å². The fourth-order valence-corrected chi connectivity index (χ4v) is 0. The molecule has 0 aromatic carbocycles. The van der Waals surface area contributed by atoms with Crippen LogP contribution in [0, 0.1) is 0 Å². The molecule has 0 aromatic rings. The van der Waals surface area contributed by atoms with Crippen molar-refractivity contribution in [3.63, 3.8) is 0 Å². The van der Waals surface area contributed by atoms with E-state index < -0.39 is 0 Å². The summed E-state index contributed by atoms with van der Waals surface area (Å²) in [6, 6.07) is 0. The Kier molecular flexibility index (Phi) is 127. The summed E-state index contributed by atoms with van der Waals surface area (Å²) < 4.78 is 0. The van der Waals surface area contributed by atoms with Gasteiger partial charge in [-0.1, -0.05) is 0 Å². The van der Waals surface area contributed by atoms with Crippen molar-refractivity contribution in [2.24, 2.45) is 0 Å². The molecular formula is CuSn2Zn. The van der Waals surface area contributed by atoms with Gasteiger partial charge in [0.15, 0.2) is 0 Å². The van der Waals surface area contributed by atoms with Crippen LogP contribution < -0.4 is 0 Å². The Balaban J connectivity index is 0. The Morgan fingerprint density at radius 1 is 0.750 bits per heavy atom. The van der Waals surface area contributed by atoms with Crippen LogP contribution in [0.2, 0.25) is 0 Å². The monoisotopic (exact) mass is 367 g/mol. The fourth-order valence-electron chi connectivity index (χ4n) is 0. The summed E-state index contributed by atoms with van der Waals surface area (Å²) in [5.41, 5.74) is 0. The Morgan fingerprint density at radius 3 is 0.750 bits per heavy atom. The fraction of sp³-hybridized carbons (Fsp3) is 0. The quantitative estimate of drug-likeness (QED) is 0.494. The van der Waals surface area contributed by atoms with Crippen LogP contribution in [-0.4, -0.2) is 47.8 Å². The van der Waals surface area contributed by atoms with E-state index in [9.17, 15) is 0 Å². The van der Waals surface area contributed by atoms with Gasteiger partial charge in [0, 0.05) is 84.4 Å². The Labute approximate surface area is 83.0 Å². The number of hydrogen-bond acceptors (Lipinski definition) is 0. The smallest absolute Gasteiger partial charge is 0 e. The molecule has 0 aliphatic carbocycles. The van der Waals surface area contributed by atoms with Crippen LogP contribution in [0.5, 0.6) is 0 Å². The molecule has 0 heterocycles. The molecule has 0 nitrogen and oxygen atoms in total. The molecule has 9 radical (unpaired) electrons. The van der Waals surface area contributed by atoms with E-state index in [1.807, 2.05) is 0 Å². The van der Waals surface area contributed by atoms with Crippen molar-refractivity contribution in [2.75, 3.05) is 0 Å². The van der Waals surface area contributed by atoms with Crippen LogP contribution in [0.15, 0.2) is 0 Å². The SMILES string of the molecule is [Cu].[Sn].[Sn].[Zn]. The molecule has 0 amide bonds. The van der Waals surface area contributed by atoms with Crippen LogP contribution in [0.4, 0.5) is 0 Å². The molecule has 21 valence electrons. The van der Waals surface area contributed by atoms with Gasteiger partial charge in [-0.3, -0.25) is 0 Å². The first-order chi connectivity index (χ1) is 0. The van der Waals surface area contributed by atoms with Crippen LogP contribution in [-0.2, 0) is 36.5 Å². The van der Waals surface area contributed by atoms with E-state index in [0.29, 0.717) is 0 Å². The zero-order valence-corrected chi connectivity index (χ0v) is 11.6. The molecule has 0 N–H and O–H groups in total. The third-order valence-electron chi connectivity index (χ3n) is 0. The molecule has 0 fully saturated rings. The minimum Gasteiger partial charge on any atom is 0 e. The van der Waals surface area contributed by atoms with E-state index in [0.717, 1.165) is 0 Å². The van der Waals surface area contributed by atoms with Gasteiger partial charge < -0.3 is 0 Å². The summed E-state index contributed by atoms with van der Waals surface area (Å²) in [5, 5.41) is 0. The molecule has 0 rings (SSSR count). The van der Waals surface area contributed by atoms with Gasteiger partial charge in [0.2, 0.25) is 0 Å². The molecular weight excluding hydrogens is 366 g/mol. The third-order valence-corrected chi connectivity index (χ3v) is 0. The average Bonchev–Trinajstić information content (AvgIpc) is 0. The Bertz CT molecular complexity index is 6.00. The molecule has 4 heteroatoms. The summed E-state index contributed by atoms with van der Waals surface area (Å²) in [6.45, 7) is 0. The topological polar surface area (TPSA) is 0 Å². The number of rotatable bonds is 0. The molecule has 0 aliphatic rings. The van der Waals surface area contributed by atoms with Gasteiger partial charge in [0.25, 0.3) is 0 Å². The second-order valence-electron chi connectivity index (χ2n) is 0. The van der Waals surface area contributed by atoms with Crippen molar-refractivity contribution in [2.45, 2.75) is 0 Å². The molecule has 0 saturated carbocycles. The molecule has 0 atom stereocenters. The average molecular weight is 366 g/mol. The van der Waals surface area contributed by atoms with Crippen LogP contribution in [0.1, 0.15) is 0 Å². The van der Waals surface area contributed by atoms with Crippen molar-refractivity contribution in [1.82, 2.24) is 0 Å². The van der Waals surface area contributed by atoms with Gasteiger partial charge in [-0.15, -0.1) is 0 Å². The third kappa shape index (κ3) is 8.83. The van der Waals surface area contributed by atoms with Crippen molar-refractivity contribution in [3.8, 4) is 0 Å². The van der Waals surface area contributed by atoms with Crippen molar-refractivity contribution < 1.29 is 36.5 Å². The zero-order valence-electron chi connectivity index (χ0n) is 2.01. The standard InChI is InChI=1S/Cu.2Sn.Zn. The van der Waals surface area contributed by atoms with Gasteiger partial charge in [-0.25, -0.2) is 0 Å². The maximum atomic E-state index is 0. The Morgan fingerprint density at radius 2 is 0.750 bits per heavy atom. The molecule has 0 aromatic heterocycles. The molecule has 4 heavy (non-hydrogen) atoms. The van der Waals surface area contributed by atoms with Crippen molar-refractivity contribution in [3.05, 3.63) is 0 Å². The van der Waals surface area contributed by atoms with Gasteiger partial charge >= 0.3 is 0 Å². The summed E-state index contributed by atoms with van der Waals surface area (Å²) in [7, 11) is 0. The predicted octanol–water partition coefficient (Wildman–Crippen LogP) is -0.767. The minimum atomic E-state index is 0. The van der Waals surface area contributed by atoms with Gasteiger partial charge in [-0.2, -0.15) is 0 Å². The second-order valence-corrected chi connectivity index (χ2v) is 0. The normalized spacial score (nSPS) is 0. The first-order valence-corrected chi connectivity index (χ1v) is 0. The van der Waals surface area contributed by atoms with E-state index in [1.54, 1.807) is 0 Å². The molecule has 0 bridgehead atoms. The Hall–Kier alpha value is 2.74. The maximum Gasteiger partial charge on any atom is 0 e. The van der Waals surface area contributed by atoms with Crippen LogP contribution in [0.3, 0.4) is 0 Å². The molecule has 0 saturated heterocycles. The first kappa shape index (κ1) is 29.6. The van der Waals surface area contributed by atoms with Gasteiger partial charge in [-0.05, 0) is 0 Å². The van der Waals surface area contributed by atoms with Gasteiger partial charge in [0.05, 0.1) is 0 Å². The van der Waals surface area contributed by atoms with E-state index in [-0.39, 0.29) is 84.4 Å². The molecule has 0 aliphatic heterocycles. The predicted molar refractivity (Wildman–Crippen MR) is 11.5 cm³/mol. The summed E-state index contributed by atoms with van der Waals surface area (Å²) in [6.07, 6.45) is 0. The van der Waals surface area contributed by atoms with Crippen LogP contribution in [0.25, 0.3) is 0 Å². The first-order valence-electron chi connectivity index (χ1n) is 0. The second kappa shape index (κ2) is 17.2. The van der Waals surface area contributed by atoms with Crippen molar-refractivity contribution in [1.29, 1.82) is 0 Å². The number of hydrogen-bond donors (Lipinski definition) is 0. The summed E-state index contributed by atoms with van der Waals surface area (Å²) >= 11 is 0. The summed E-state index contributed by atoms with van der Waals surface area (Å²) in [5.74, 6) is 0. The summed E-state index contributed by atoms with van der Waals surface area (Å²) in [4.78, 5) is 0. The van der Waals surface area contributed by atoms with E-state index in [2.05, 4.69) is 0 Å². The van der Waals surface area contributed by atoms with Crippen LogP contribution >= 0.6 is 0 Å². The molecule has 0 spiro atoms. The largest absolute Gasteiger partial charge is 0 e.